The maximum atomic E-state index is 10.9. The van der Waals surface area contributed by atoms with Gasteiger partial charge in [0.1, 0.15) is 0 Å². The van der Waals surface area contributed by atoms with Crippen LogP contribution in [0.2, 0.25) is 0 Å². The molecular formula is C11H13NO3. The Bertz CT molecular complexity index is 385. The number of rotatable bonds is 4. The number of ether oxygens (including phenoxy) is 2. The van der Waals surface area contributed by atoms with Crippen molar-refractivity contribution in [3.63, 3.8) is 0 Å². The number of carbonyl (C=O) groups excluding carboxylic acids is 1. The number of benzene rings is 1. The summed E-state index contributed by atoms with van der Waals surface area (Å²) >= 11 is 0. The highest BCUT2D eigenvalue weighted by molar-refractivity contribution is 5.93. The van der Waals surface area contributed by atoms with Crippen molar-refractivity contribution in [3.05, 3.63) is 23.8 Å². The van der Waals surface area contributed by atoms with Crippen molar-refractivity contribution in [3.8, 4) is 11.5 Å². The molecule has 80 valence electrons. The van der Waals surface area contributed by atoms with Crippen LogP contribution >= 0.6 is 0 Å². The van der Waals surface area contributed by atoms with Crippen LogP contribution in [0.4, 0.5) is 0 Å². The summed E-state index contributed by atoms with van der Waals surface area (Å²) in [5.41, 5.74) is 5.59. The molecule has 0 unspecified atom stereocenters. The van der Waals surface area contributed by atoms with E-state index in [2.05, 4.69) is 0 Å². The van der Waals surface area contributed by atoms with Crippen LogP contribution in [0.25, 0.3) is 0 Å². The maximum Gasteiger partial charge on any atom is 0.248 e. The van der Waals surface area contributed by atoms with Crippen LogP contribution in [-0.4, -0.2) is 19.1 Å². The molecule has 2 N–H and O–H groups in total. The summed E-state index contributed by atoms with van der Waals surface area (Å²) in [5, 5.41) is 0. The Balaban J connectivity index is 2.25. The minimum Gasteiger partial charge on any atom is -0.493 e. The topological polar surface area (TPSA) is 61.5 Å². The van der Waals surface area contributed by atoms with E-state index in [0.717, 1.165) is 12.8 Å². The third kappa shape index (κ3) is 2.21. The lowest BCUT2D eigenvalue weighted by Gasteiger charge is -2.10. The molecule has 0 aliphatic heterocycles. The van der Waals surface area contributed by atoms with Gasteiger partial charge < -0.3 is 15.2 Å². The highest BCUT2D eigenvalue weighted by Crippen LogP contribution is 2.33. The first-order valence-electron chi connectivity index (χ1n) is 4.85. The van der Waals surface area contributed by atoms with Gasteiger partial charge in [-0.1, -0.05) is 0 Å². The van der Waals surface area contributed by atoms with Gasteiger partial charge in [0, 0.05) is 5.56 Å². The van der Waals surface area contributed by atoms with E-state index in [9.17, 15) is 4.79 Å². The van der Waals surface area contributed by atoms with Crippen molar-refractivity contribution >= 4 is 5.91 Å². The molecule has 1 aliphatic rings. The summed E-state index contributed by atoms with van der Waals surface area (Å²) in [6.45, 7) is 0. The number of hydrogen-bond acceptors (Lipinski definition) is 3. The Morgan fingerprint density at radius 3 is 2.67 bits per heavy atom. The van der Waals surface area contributed by atoms with Gasteiger partial charge in [-0.2, -0.15) is 0 Å². The fraction of sp³-hybridized carbons (Fsp3) is 0.364. The van der Waals surface area contributed by atoms with E-state index < -0.39 is 5.91 Å². The quantitative estimate of drug-likeness (QED) is 0.810. The molecule has 4 nitrogen and oxygen atoms in total. The largest absolute Gasteiger partial charge is 0.493 e. The molecule has 0 radical (unpaired) electrons. The molecule has 0 aromatic heterocycles. The first-order valence-corrected chi connectivity index (χ1v) is 4.85. The smallest absolute Gasteiger partial charge is 0.248 e. The minimum absolute atomic E-state index is 0.304. The van der Waals surface area contributed by atoms with E-state index >= 15 is 0 Å². The van der Waals surface area contributed by atoms with Crippen LogP contribution in [0.5, 0.6) is 11.5 Å². The van der Waals surface area contributed by atoms with Gasteiger partial charge in [-0.05, 0) is 31.0 Å². The standard InChI is InChI=1S/C11H13NO3/c1-14-10-6-7(11(12)13)2-5-9(10)15-8-3-4-8/h2,5-6,8H,3-4H2,1H3,(H2,12,13). The second-order valence-electron chi connectivity index (χ2n) is 3.55. The summed E-state index contributed by atoms with van der Waals surface area (Å²) < 4.78 is 10.7. The molecule has 0 atom stereocenters. The fourth-order valence-corrected chi connectivity index (χ4v) is 1.28. The molecular weight excluding hydrogens is 194 g/mol. The molecule has 2 rings (SSSR count). The van der Waals surface area contributed by atoms with E-state index in [1.807, 2.05) is 0 Å². The Morgan fingerprint density at radius 1 is 1.40 bits per heavy atom. The minimum atomic E-state index is -0.466. The number of nitrogens with two attached hydrogens (primary N) is 1. The van der Waals surface area contributed by atoms with E-state index in [1.54, 1.807) is 25.3 Å². The molecule has 1 fully saturated rings. The van der Waals surface area contributed by atoms with Crippen molar-refractivity contribution in [2.75, 3.05) is 7.11 Å². The molecule has 1 aromatic carbocycles. The van der Waals surface area contributed by atoms with Gasteiger partial charge in [0.25, 0.3) is 0 Å². The van der Waals surface area contributed by atoms with Crippen LogP contribution in [-0.2, 0) is 0 Å². The van der Waals surface area contributed by atoms with Crippen LogP contribution in [0.3, 0.4) is 0 Å². The van der Waals surface area contributed by atoms with Gasteiger partial charge in [-0.3, -0.25) is 4.79 Å². The van der Waals surface area contributed by atoms with Crippen LogP contribution in [0, 0.1) is 0 Å². The second kappa shape index (κ2) is 3.81. The van der Waals surface area contributed by atoms with E-state index in [-0.39, 0.29) is 0 Å². The van der Waals surface area contributed by atoms with Gasteiger partial charge in [0.15, 0.2) is 11.5 Å². The van der Waals surface area contributed by atoms with Crippen molar-refractivity contribution in [2.24, 2.45) is 5.73 Å². The third-order valence-electron chi connectivity index (χ3n) is 2.27. The number of amides is 1. The van der Waals surface area contributed by atoms with Crippen molar-refractivity contribution in [1.29, 1.82) is 0 Å². The molecule has 0 heterocycles. The Morgan fingerprint density at radius 2 is 2.13 bits per heavy atom. The summed E-state index contributed by atoms with van der Waals surface area (Å²) in [6.07, 6.45) is 2.47. The van der Waals surface area contributed by atoms with Gasteiger partial charge >= 0.3 is 0 Å². The number of carbonyl (C=O) groups is 1. The third-order valence-corrected chi connectivity index (χ3v) is 2.27. The Labute approximate surface area is 88.0 Å². The molecule has 0 spiro atoms. The van der Waals surface area contributed by atoms with Crippen molar-refractivity contribution < 1.29 is 14.3 Å². The highest BCUT2D eigenvalue weighted by atomic mass is 16.5. The zero-order chi connectivity index (χ0) is 10.8. The van der Waals surface area contributed by atoms with Crippen molar-refractivity contribution in [2.45, 2.75) is 18.9 Å². The number of methoxy groups -OCH3 is 1. The maximum absolute atomic E-state index is 10.9. The molecule has 0 saturated heterocycles. The Hall–Kier alpha value is -1.71. The van der Waals surface area contributed by atoms with Crippen LogP contribution in [0.1, 0.15) is 23.2 Å². The molecule has 1 aliphatic carbocycles. The van der Waals surface area contributed by atoms with Crippen LogP contribution < -0.4 is 15.2 Å². The summed E-state index contributed by atoms with van der Waals surface area (Å²) in [4.78, 5) is 10.9. The fourth-order valence-electron chi connectivity index (χ4n) is 1.28. The van der Waals surface area contributed by atoms with E-state index in [0.29, 0.717) is 23.2 Å². The lowest BCUT2D eigenvalue weighted by Crippen LogP contribution is -2.11. The van der Waals surface area contributed by atoms with Gasteiger partial charge in [0.2, 0.25) is 5.91 Å². The zero-order valence-corrected chi connectivity index (χ0v) is 8.53. The summed E-state index contributed by atoms with van der Waals surface area (Å²) in [7, 11) is 1.54. The molecule has 1 aromatic rings. The van der Waals surface area contributed by atoms with Crippen molar-refractivity contribution in [1.82, 2.24) is 0 Å². The summed E-state index contributed by atoms with van der Waals surface area (Å²) in [6, 6.07) is 4.96. The lowest BCUT2D eigenvalue weighted by atomic mass is 10.2. The summed E-state index contributed by atoms with van der Waals surface area (Å²) in [5.74, 6) is 0.759. The van der Waals surface area contributed by atoms with Gasteiger partial charge in [-0.15, -0.1) is 0 Å². The predicted molar refractivity (Wildman–Crippen MR) is 55.2 cm³/mol. The first-order chi connectivity index (χ1) is 7.20. The molecule has 15 heavy (non-hydrogen) atoms. The Kier molecular flexibility index (Phi) is 2.49. The predicted octanol–water partition coefficient (Wildman–Crippen LogP) is 1.34. The SMILES string of the molecule is COc1cc(C(N)=O)ccc1OC1CC1. The number of primary amides is 1. The normalized spacial score (nSPS) is 14.7. The first kappa shape index (κ1) is 9.83. The molecule has 4 heteroatoms. The van der Waals surface area contributed by atoms with Crippen LogP contribution in [0.15, 0.2) is 18.2 Å². The average molecular weight is 207 g/mol. The zero-order valence-electron chi connectivity index (χ0n) is 8.53. The van der Waals surface area contributed by atoms with Gasteiger partial charge in [-0.25, -0.2) is 0 Å². The van der Waals surface area contributed by atoms with Gasteiger partial charge in [0.05, 0.1) is 13.2 Å². The molecule has 1 amide bonds. The average Bonchev–Trinajstić information content (AvgIpc) is 3.02. The van der Waals surface area contributed by atoms with E-state index in [4.69, 9.17) is 15.2 Å². The molecule has 0 bridgehead atoms. The highest BCUT2D eigenvalue weighted by Gasteiger charge is 2.25. The van der Waals surface area contributed by atoms with E-state index in [1.165, 1.54) is 0 Å². The lowest BCUT2D eigenvalue weighted by molar-refractivity contribution is 0.1000. The second-order valence-corrected chi connectivity index (χ2v) is 3.55. The monoisotopic (exact) mass is 207 g/mol. The molecule has 1 saturated carbocycles. The number of hydrogen-bond donors (Lipinski definition) is 1.